The Morgan fingerprint density at radius 3 is 2.57 bits per heavy atom. The Morgan fingerprint density at radius 1 is 1.35 bits per heavy atom. The average Bonchev–Trinajstić information content (AvgIpc) is 2.53. The third-order valence-corrected chi connectivity index (χ3v) is 4.97. The number of carbonyl (C=O) groups excluding carboxylic acids is 2. The summed E-state index contributed by atoms with van der Waals surface area (Å²) >= 11 is 0. The number of esters is 1. The molecular formula is C18H26N2O3. The number of hydrogen-bond acceptors (Lipinski definition) is 4. The molecule has 1 amide bonds. The molecule has 0 bridgehead atoms. The molecule has 0 radical (unpaired) electrons. The number of carbonyl (C=O) groups is 2. The molecule has 0 aliphatic heterocycles. The summed E-state index contributed by atoms with van der Waals surface area (Å²) in [5.41, 5.74) is 7.46. The number of hydrogen-bond donors (Lipinski definition) is 2. The predicted octanol–water partition coefficient (Wildman–Crippen LogP) is 2.68. The number of ether oxygens (including phenoxy) is 1. The maximum absolute atomic E-state index is 12.3. The van der Waals surface area contributed by atoms with E-state index < -0.39 is 0 Å². The van der Waals surface area contributed by atoms with Crippen molar-refractivity contribution in [1.29, 1.82) is 0 Å². The summed E-state index contributed by atoms with van der Waals surface area (Å²) in [4.78, 5) is 24.2. The Bertz CT molecular complexity index is 570. The van der Waals surface area contributed by atoms with Crippen LogP contribution in [0.25, 0.3) is 0 Å². The van der Waals surface area contributed by atoms with Crippen LogP contribution in [0.3, 0.4) is 0 Å². The van der Waals surface area contributed by atoms with Crippen molar-refractivity contribution in [3.63, 3.8) is 0 Å². The molecule has 2 rings (SSSR count). The summed E-state index contributed by atoms with van der Waals surface area (Å²) in [6, 6.07) is 5.47. The third kappa shape index (κ3) is 3.84. The van der Waals surface area contributed by atoms with Gasteiger partial charge in [-0.1, -0.05) is 12.1 Å². The van der Waals surface area contributed by atoms with E-state index in [0.717, 1.165) is 31.2 Å². The van der Waals surface area contributed by atoms with Gasteiger partial charge in [-0.25, -0.2) is 0 Å². The minimum absolute atomic E-state index is 0.123. The van der Waals surface area contributed by atoms with E-state index in [0.29, 0.717) is 23.7 Å². The molecule has 23 heavy (non-hydrogen) atoms. The lowest BCUT2D eigenvalue weighted by Gasteiger charge is -2.34. The number of methoxy groups -OCH3 is 1. The molecule has 1 aliphatic carbocycles. The van der Waals surface area contributed by atoms with E-state index in [1.807, 2.05) is 26.0 Å². The minimum atomic E-state index is -0.379. The molecule has 0 spiro atoms. The van der Waals surface area contributed by atoms with E-state index in [1.165, 1.54) is 7.11 Å². The average molecular weight is 318 g/mol. The molecule has 0 heterocycles. The van der Waals surface area contributed by atoms with Gasteiger partial charge < -0.3 is 15.8 Å². The molecular weight excluding hydrogens is 292 g/mol. The van der Waals surface area contributed by atoms with Crippen molar-refractivity contribution < 1.29 is 14.3 Å². The van der Waals surface area contributed by atoms with Gasteiger partial charge in [-0.3, -0.25) is 9.59 Å². The first-order valence-electron chi connectivity index (χ1n) is 8.09. The van der Waals surface area contributed by atoms with Gasteiger partial charge in [0.1, 0.15) is 0 Å². The highest BCUT2D eigenvalue weighted by Crippen LogP contribution is 2.39. The highest BCUT2D eigenvalue weighted by molar-refractivity contribution is 6.00. The lowest BCUT2D eigenvalue weighted by atomic mass is 9.71. The van der Waals surface area contributed by atoms with Crippen LogP contribution >= 0.6 is 0 Å². The first-order chi connectivity index (χ1) is 10.9. The molecule has 0 atom stereocenters. The fourth-order valence-corrected chi connectivity index (χ4v) is 3.30. The van der Waals surface area contributed by atoms with Gasteiger partial charge >= 0.3 is 5.97 Å². The van der Waals surface area contributed by atoms with Gasteiger partial charge in [-0.15, -0.1) is 0 Å². The van der Waals surface area contributed by atoms with E-state index in [1.54, 1.807) is 6.07 Å². The molecule has 1 fully saturated rings. The van der Waals surface area contributed by atoms with Gasteiger partial charge in [-0.05, 0) is 57.1 Å². The van der Waals surface area contributed by atoms with E-state index in [2.05, 4.69) is 5.32 Å². The molecule has 126 valence electrons. The van der Waals surface area contributed by atoms with Crippen LogP contribution in [0.1, 0.15) is 48.5 Å². The molecule has 3 N–H and O–H groups in total. The summed E-state index contributed by atoms with van der Waals surface area (Å²) in [5, 5.41) is 2.99. The Kier molecular flexibility index (Phi) is 5.29. The lowest BCUT2D eigenvalue weighted by molar-refractivity contribution is -0.154. The molecule has 1 saturated carbocycles. The van der Waals surface area contributed by atoms with Crippen molar-refractivity contribution in [3.8, 4) is 0 Å². The highest BCUT2D eigenvalue weighted by Gasteiger charge is 2.38. The van der Waals surface area contributed by atoms with Gasteiger partial charge in [-0.2, -0.15) is 0 Å². The molecule has 5 heteroatoms. The van der Waals surface area contributed by atoms with Crippen LogP contribution in [0, 0.1) is 18.3 Å². The summed E-state index contributed by atoms with van der Waals surface area (Å²) in [5.74, 6) is 0.136. The number of aryl methyl sites for hydroxylation is 1. The zero-order valence-corrected chi connectivity index (χ0v) is 14.1. The SMILES string of the molecule is COC(=O)C1(C)CCC(CNC(=O)c2c(C)cccc2N)CC1. The zero-order valence-electron chi connectivity index (χ0n) is 14.1. The quantitative estimate of drug-likeness (QED) is 0.660. The Labute approximate surface area is 137 Å². The third-order valence-electron chi connectivity index (χ3n) is 4.97. The van der Waals surface area contributed by atoms with Crippen molar-refractivity contribution in [2.75, 3.05) is 19.4 Å². The number of nitrogens with two attached hydrogens (primary N) is 1. The van der Waals surface area contributed by atoms with Crippen LogP contribution in [0.5, 0.6) is 0 Å². The predicted molar refractivity (Wildman–Crippen MR) is 90.0 cm³/mol. The first kappa shape index (κ1) is 17.3. The Balaban J connectivity index is 1.88. The van der Waals surface area contributed by atoms with Crippen LogP contribution in [0.4, 0.5) is 5.69 Å². The molecule has 1 aliphatic rings. The molecule has 0 unspecified atom stereocenters. The highest BCUT2D eigenvalue weighted by atomic mass is 16.5. The number of benzene rings is 1. The van der Waals surface area contributed by atoms with Crippen molar-refractivity contribution in [2.45, 2.75) is 39.5 Å². The Morgan fingerprint density at radius 2 is 2.00 bits per heavy atom. The summed E-state index contributed by atoms with van der Waals surface area (Å²) in [7, 11) is 1.44. The lowest BCUT2D eigenvalue weighted by Crippen LogP contribution is -2.37. The number of rotatable bonds is 4. The number of anilines is 1. The first-order valence-corrected chi connectivity index (χ1v) is 8.09. The standard InChI is InChI=1S/C18H26N2O3/c1-12-5-4-6-14(19)15(12)16(21)20-11-13-7-9-18(2,10-8-13)17(22)23-3/h4-6,13H,7-11,19H2,1-3H3,(H,20,21). The van der Waals surface area contributed by atoms with Crippen molar-refractivity contribution in [2.24, 2.45) is 11.3 Å². The van der Waals surface area contributed by atoms with Gasteiger partial charge in [0.15, 0.2) is 0 Å². The molecule has 5 nitrogen and oxygen atoms in total. The van der Waals surface area contributed by atoms with Crippen molar-refractivity contribution in [3.05, 3.63) is 29.3 Å². The van der Waals surface area contributed by atoms with Crippen LogP contribution in [-0.4, -0.2) is 25.5 Å². The molecule has 0 saturated heterocycles. The number of nitrogen functional groups attached to an aromatic ring is 1. The second-order valence-corrected chi connectivity index (χ2v) is 6.74. The normalized spacial score (nSPS) is 24.0. The molecule has 0 aromatic heterocycles. The monoisotopic (exact) mass is 318 g/mol. The summed E-state index contributed by atoms with van der Waals surface area (Å²) in [6.07, 6.45) is 3.42. The molecule has 1 aromatic carbocycles. The van der Waals surface area contributed by atoms with Gasteiger partial charge in [0.05, 0.1) is 18.1 Å². The van der Waals surface area contributed by atoms with E-state index >= 15 is 0 Å². The van der Waals surface area contributed by atoms with Crippen molar-refractivity contribution >= 4 is 17.6 Å². The largest absolute Gasteiger partial charge is 0.469 e. The van der Waals surface area contributed by atoms with Crippen LogP contribution in [0.2, 0.25) is 0 Å². The summed E-state index contributed by atoms with van der Waals surface area (Å²) in [6.45, 7) is 4.46. The Hall–Kier alpha value is -2.04. The minimum Gasteiger partial charge on any atom is -0.469 e. The van der Waals surface area contributed by atoms with Crippen molar-refractivity contribution in [1.82, 2.24) is 5.32 Å². The van der Waals surface area contributed by atoms with Crippen LogP contribution in [-0.2, 0) is 9.53 Å². The van der Waals surface area contributed by atoms with Gasteiger partial charge in [0.25, 0.3) is 5.91 Å². The topological polar surface area (TPSA) is 81.4 Å². The van der Waals surface area contributed by atoms with E-state index in [-0.39, 0.29) is 17.3 Å². The fraction of sp³-hybridized carbons (Fsp3) is 0.556. The van der Waals surface area contributed by atoms with Gasteiger partial charge in [0.2, 0.25) is 0 Å². The number of nitrogens with one attached hydrogen (secondary N) is 1. The van der Waals surface area contributed by atoms with Crippen LogP contribution in [0.15, 0.2) is 18.2 Å². The smallest absolute Gasteiger partial charge is 0.311 e. The summed E-state index contributed by atoms with van der Waals surface area (Å²) < 4.78 is 4.89. The van der Waals surface area contributed by atoms with E-state index in [4.69, 9.17) is 10.5 Å². The second kappa shape index (κ2) is 7.02. The second-order valence-electron chi connectivity index (χ2n) is 6.74. The number of amides is 1. The maximum atomic E-state index is 12.3. The maximum Gasteiger partial charge on any atom is 0.311 e. The van der Waals surface area contributed by atoms with Crippen LogP contribution < -0.4 is 11.1 Å². The zero-order chi connectivity index (χ0) is 17.0. The van der Waals surface area contributed by atoms with E-state index in [9.17, 15) is 9.59 Å². The fourth-order valence-electron chi connectivity index (χ4n) is 3.30. The molecule has 1 aromatic rings. The van der Waals surface area contributed by atoms with Gasteiger partial charge in [0, 0.05) is 12.2 Å².